The van der Waals surface area contributed by atoms with Crippen molar-refractivity contribution in [1.29, 1.82) is 0 Å². The number of hydrogen-bond acceptors (Lipinski definition) is 5. The van der Waals surface area contributed by atoms with Gasteiger partial charge in [-0.05, 0) is 6.42 Å². The molecule has 0 bridgehead atoms. The number of hydrogen-bond donors (Lipinski definition) is 0. The lowest BCUT2D eigenvalue weighted by Crippen LogP contribution is -2.61. The van der Waals surface area contributed by atoms with E-state index in [4.69, 9.17) is 13.3 Å². The van der Waals surface area contributed by atoms with E-state index in [0.29, 0.717) is 6.54 Å². The fourth-order valence-corrected chi connectivity index (χ4v) is 3.23. The van der Waals surface area contributed by atoms with Gasteiger partial charge in [-0.25, -0.2) is 4.79 Å². The van der Waals surface area contributed by atoms with E-state index < -0.39 is 15.1 Å². The molecule has 6 nitrogen and oxygen atoms in total. The Morgan fingerprint density at radius 3 is 1.87 bits per heavy atom. The molecule has 0 aliphatic heterocycles. The Morgan fingerprint density at radius 1 is 1.13 bits per heavy atom. The highest BCUT2D eigenvalue weighted by Crippen LogP contribution is 2.14. The van der Waals surface area contributed by atoms with Crippen molar-refractivity contribution in [2.24, 2.45) is 0 Å². The minimum absolute atomic E-state index is 0.467. The molecule has 0 aliphatic rings. The molecule has 0 atom stereocenters. The van der Waals surface area contributed by atoms with Gasteiger partial charge in [-0.3, -0.25) is 4.57 Å². The highest BCUT2D eigenvalue weighted by atomic mass is 28.4. The van der Waals surface area contributed by atoms with Crippen LogP contribution in [0.1, 0.15) is 13.3 Å². The molecule has 7 heteroatoms. The van der Waals surface area contributed by atoms with Crippen LogP contribution < -0.4 is 0 Å². The highest BCUT2D eigenvalue weighted by molar-refractivity contribution is 6.60. The second-order valence-electron chi connectivity index (χ2n) is 2.76. The molecule has 1 amide bonds. The fraction of sp³-hybridized carbons (Fsp3) is 0.875. The molecule has 0 radical (unpaired) electrons. The Hall–Kier alpha value is -0.633. The van der Waals surface area contributed by atoms with Crippen molar-refractivity contribution < 1.29 is 22.8 Å². The Labute approximate surface area is 91.5 Å². The molecule has 0 fully saturated rings. The number of carbonyl (C=O) groups excluding carboxylic acids is 1. The van der Waals surface area contributed by atoms with E-state index in [9.17, 15) is 4.79 Å². The molecule has 0 spiro atoms. The van der Waals surface area contributed by atoms with Gasteiger partial charge >= 0.3 is 15.1 Å². The zero-order chi connectivity index (χ0) is 11.9. The number of ether oxygens (including phenoxy) is 1. The first-order valence-corrected chi connectivity index (χ1v) is 6.30. The number of amides is 1. The van der Waals surface area contributed by atoms with E-state index in [0.717, 1.165) is 6.42 Å². The first-order valence-electron chi connectivity index (χ1n) is 4.62. The standard InChI is InChI=1S/C8H19NO5Si/c1-6-7-9(8(10)11-2)15(12-3,13-4)14-5/h6-7H2,1-5H3. The highest BCUT2D eigenvalue weighted by Gasteiger charge is 2.50. The lowest BCUT2D eigenvalue weighted by atomic mass is 10.5. The maximum absolute atomic E-state index is 11.5. The number of methoxy groups -OCH3 is 1. The molecule has 15 heavy (non-hydrogen) atoms. The molecule has 0 saturated heterocycles. The summed E-state index contributed by atoms with van der Waals surface area (Å²) in [5, 5.41) is 0. The summed E-state index contributed by atoms with van der Waals surface area (Å²) in [7, 11) is 2.57. The van der Waals surface area contributed by atoms with Crippen LogP contribution in [-0.2, 0) is 18.0 Å². The van der Waals surface area contributed by atoms with Crippen LogP contribution in [0.25, 0.3) is 0 Å². The molecular weight excluding hydrogens is 218 g/mol. The zero-order valence-electron chi connectivity index (χ0n) is 9.90. The van der Waals surface area contributed by atoms with Crippen molar-refractivity contribution in [1.82, 2.24) is 4.57 Å². The summed E-state index contributed by atoms with van der Waals surface area (Å²) in [6.45, 7) is 2.41. The van der Waals surface area contributed by atoms with Crippen molar-refractivity contribution in [2.75, 3.05) is 35.0 Å². The van der Waals surface area contributed by atoms with Gasteiger partial charge in [-0.1, -0.05) is 6.92 Å². The van der Waals surface area contributed by atoms with Crippen LogP contribution in [0, 0.1) is 0 Å². The lowest BCUT2D eigenvalue weighted by Gasteiger charge is -2.33. The monoisotopic (exact) mass is 237 g/mol. The third-order valence-electron chi connectivity index (χ3n) is 1.95. The minimum Gasteiger partial charge on any atom is -0.453 e. The maximum Gasteiger partial charge on any atom is 0.637 e. The minimum atomic E-state index is -3.09. The Kier molecular flexibility index (Phi) is 6.49. The van der Waals surface area contributed by atoms with Gasteiger partial charge in [0.2, 0.25) is 0 Å². The number of carbonyl (C=O) groups is 1. The first-order chi connectivity index (χ1) is 7.11. The van der Waals surface area contributed by atoms with E-state index in [1.165, 1.54) is 33.0 Å². The van der Waals surface area contributed by atoms with Crippen LogP contribution in [0.4, 0.5) is 4.79 Å². The van der Waals surface area contributed by atoms with Crippen LogP contribution in [0.5, 0.6) is 0 Å². The Morgan fingerprint density at radius 2 is 1.60 bits per heavy atom. The normalized spacial score (nSPS) is 11.3. The predicted octanol–water partition coefficient (Wildman–Crippen LogP) is 0.840. The quantitative estimate of drug-likeness (QED) is 0.641. The average molecular weight is 237 g/mol. The van der Waals surface area contributed by atoms with Crippen molar-refractivity contribution in [3.63, 3.8) is 0 Å². The molecule has 0 aromatic heterocycles. The molecule has 0 N–H and O–H groups in total. The van der Waals surface area contributed by atoms with E-state index >= 15 is 0 Å². The maximum atomic E-state index is 11.5. The summed E-state index contributed by atoms with van der Waals surface area (Å²) in [4.78, 5) is 11.5. The van der Waals surface area contributed by atoms with Gasteiger partial charge in [0.15, 0.2) is 0 Å². The number of rotatable bonds is 6. The van der Waals surface area contributed by atoms with E-state index in [1.54, 1.807) is 0 Å². The average Bonchev–Trinajstić information content (AvgIpc) is 2.29. The first kappa shape index (κ1) is 14.4. The molecular formula is C8H19NO5Si. The summed E-state index contributed by atoms with van der Waals surface area (Å²) >= 11 is 0. The predicted molar refractivity (Wildman–Crippen MR) is 56.2 cm³/mol. The summed E-state index contributed by atoms with van der Waals surface area (Å²) in [5.74, 6) is 0. The SMILES string of the molecule is CCCN(C(=O)OC)[Si](OC)(OC)OC. The summed E-state index contributed by atoms with van der Waals surface area (Å²) in [5.41, 5.74) is 0. The van der Waals surface area contributed by atoms with Gasteiger partial charge in [0.1, 0.15) is 0 Å². The molecule has 90 valence electrons. The third kappa shape index (κ3) is 3.16. The second-order valence-corrected chi connectivity index (χ2v) is 5.57. The van der Waals surface area contributed by atoms with Gasteiger partial charge in [-0.15, -0.1) is 0 Å². The summed E-state index contributed by atoms with van der Waals surface area (Å²) in [6, 6.07) is 0. The molecule has 0 aromatic carbocycles. The van der Waals surface area contributed by atoms with Gasteiger partial charge in [0.05, 0.1) is 7.11 Å². The lowest BCUT2D eigenvalue weighted by molar-refractivity contribution is 0.0511. The summed E-state index contributed by atoms with van der Waals surface area (Å²) < 4.78 is 21.6. The van der Waals surface area contributed by atoms with Crippen molar-refractivity contribution in [2.45, 2.75) is 13.3 Å². The topological polar surface area (TPSA) is 57.2 Å². The molecule has 0 aliphatic carbocycles. The zero-order valence-corrected chi connectivity index (χ0v) is 10.9. The van der Waals surface area contributed by atoms with Crippen molar-refractivity contribution in [3.05, 3.63) is 0 Å². The molecule has 0 saturated carbocycles. The molecule has 0 heterocycles. The fourth-order valence-electron chi connectivity index (χ4n) is 1.25. The molecule has 0 unspecified atom stereocenters. The largest absolute Gasteiger partial charge is 0.637 e. The van der Waals surface area contributed by atoms with Gasteiger partial charge in [0, 0.05) is 27.9 Å². The van der Waals surface area contributed by atoms with Gasteiger partial charge in [-0.2, -0.15) is 0 Å². The van der Waals surface area contributed by atoms with Crippen LogP contribution in [0.3, 0.4) is 0 Å². The van der Waals surface area contributed by atoms with E-state index in [2.05, 4.69) is 4.74 Å². The van der Waals surface area contributed by atoms with Crippen LogP contribution >= 0.6 is 0 Å². The third-order valence-corrected chi connectivity index (χ3v) is 4.56. The van der Waals surface area contributed by atoms with E-state index in [1.807, 2.05) is 6.92 Å². The van der Waals surface area contributed by atoms with Crippen LogP contribution in [0.15, 0.2) is 0 Å². The summed E-state index contributed by atoms with van der Waals surface area (Å²) in [6.07, 6.45) is 0.258. The molecule has 0 rings (SSSR count). The van der Waals surface area contributed by atoms with Crippen molar-refractivity contribution >= 4 is 15.1 Å². The van der Waals surface area contributed by atoms with Crippen molar-refractivity contribution in [3.8, 4) is 0 Å². The second kappa shape index (κ2) is 6.78. The number of nitrogens with zero attached hydrogens (tertiary/aromatic N) is 1. The smallest absolute Gasteiger partial charge is 0.453 e. The Bertz CT molecular complexity index is 189. The Balaban J connectivity index is 4.90. The van der Waals surface area contributed by atoms with Gasteiger partial charge in [0.25, 0.3) is 0 Å². The van der Waals surface area contributed by atoms with E-state index in [-0.39, 0.29) is 0 Å². The van der Waals surface area contributed by atoms with Crippen LogP contribution in [0.2, 0.25) is 0 Å². The van der Waals surface area contributed by atoms with Crippen LogP contribution in [-0.4, -0.2) is 54.6 Å². The van der Waals surface area contributed by atoms with Gasteiger partial charge < -0.3 is 18.0 Å². The molecule has 0 aromatic rings.